The predicted octanol–water partition coefficient (Wildman–Crippen LogP) is 2.75. The van der Waals surface area contributed by atoms with E-state index in [9.17, 15) is 19.5 Å². The topological polar surface area (TPSA) is 132 Å². The first-order chi connectivity index (χ1) is 20.2. The van der Waals surface area contributed by atoms with Crippen molar-refractivity contribution in [3.8, 4) is 22.8 Å². The number of allylic oxidation sites excluding steroid dienone is 1. The standard InChI is InChI=1S/C31H28N2O8S/c1-6-40-30(37)26-17(3)32-31-33(27(26)22-14-19(38-4)9-11-23(22)39-5)28(34)25(42-31)15-20-10-12-24(41-20)21-13-18(29(35)36)8-7-16(21)2/h7-15,27H,6H2,1-5H3,(H,35,36)/p-1/b25-15-/t27-/m1/s1. The number of rotatable bonds is 8. The number of nitrogens with zero attached hydrogens (tertiary/aromatic N) is 2. The number of ether oxygens (including phenoxy) is 3. The monoisotopic (exact) mass is 587 g/mol. The van der Waals surface area contributed by atoms with Crippen molar-refractivity contribution in [1.29, 1.82) is 0 Å². The van der Waals surface area contributed by atoms with E-state index >= 15 is 0 Å². The van der Waals surface area contributed by atoms with E-state index in [0.29, 0.717) is 49.2 Å². The Bertz CT molecular complexity index is 1930. The van der Waals surface area contributed by atoms with Crippen LogP contribution in [0.25, 0.3) is 17.4 Å². The van der Waals surface area contributed by atoms with Crippen molar-refractivity contribution in [1.82, 2.24) is 4.57 Å². The van der Waals surface area contributed by atoms with Crippen LogP contribution in [-0.2, 0) is 9.53 Å². The minimum atomic E-state index is -1.29. The van der Waals surface area contributed by atoms with Crippen LogP contribution in [0.5, 0.6) is 11.5 Å². The maximum atomic E-state index is 14.0. The van der Waals surface area contributed by atoms with Crippen molar-refractivity contribution < 1.29 is 33.3 Å². The van der Waals surface area contributed by atoms with E-state index in [1.54, 1.807) is 56.3 Å². The van der Waals surface area contributed by atoms with Gasteiger partial charge in [-0.1, -0.05) is 23.5 Å². The second-order valence-corrected chi connectivity index (χ2v) is 10.4. The van der Waals surface area contributed by atoms with Gasteiger partial charge in [-0.15, -0.1) is 0 Å². The highest BCUT2D eigenvalue weighted by atomic mass is 32.1. The third-order valence-corrected chi connectivity index (χ3v) is 7.87. The molecular weight excluding hydrogens is 560 g/mol. The SMILES string of the molecule is CCOC(=O)C1=C(C)N=c2s/c(=C\c3ccc(-c4cc(C(=O)[O-])ccc4C)o3)c(=O)n2[C@@H]1c1cc(OC)ccc1OC. The number of hydrogen-bond donors (Lipinski definition) is 0. The van der Waals surface area contributed by atoms with Gasteiger partial charge < -0.3 is 28.5 Å². The van der Waals surface area contributed by atoms with Gasteiger partial charge >= 0.3 is 5.97 Å². The van der Waals surface area contributed by atoms with Crippen LogP contribution in [0.2, 0.25) is 0 Å². The highest BCUT2D eigenvalue weighted by molar-refractivity contribution is 7.07. The number of carbonyl (C=O) groups excluding carboxylic acids is 2. The molecule has 0 unspecified atom stereocenters. The summed E-state index contributed by atoms with van der Waals surface area (Å²) in [5.41, 5.74) is 2.21. The lowest BCUT2D eigenvalue weighted by Crippen LogP contribution is -2.40. The molecule has 0 saturated carbocycles. The Hall–Kier alpha value is -4.90. The summed E-state index contributed by atoms with van der Waals surface area (Å²) in [4.78, 5) is 43.5. The van der Waals surface area contributed by atoms with Crippen LogP contribution in [-0.4, -0.2) is 37.3 Å². The number of furan rings is 1. The molecule has 1 aliphatic heterocycles. The molecule has 3 heterocycles. The fourth-order valence-electron chi connectivity index (χ4n) is 4.86. The number of methoxy groups -OCH3 is 2. The summed E-state index contributed by atoms with van der Waals surface area (Å²) in [6.45, 7) is 5.39. The summed E-state index contributed by atoms with van der Waals surface area (Å²) in [5, 5.41) is 11.4. The number of hydrogen-bond acceptors (Lipinski definition) is 10. The molecule has 2 aromatic heterocycles. The third kappa shape index (κ3) is 5.14. The minimum absolute atomic E-state index is 0.0302. The van der Waals surface area contributed by atoms with Crippen LogP contribution in [0, 0.1) is 6.92 Å². The number of aryl methyl sites for hydroxylation is 1. The molecule has 0 spiro atoms. The zero-order valence-corrected chi connectivity index (χ0v) is 24.4. The molecule has 0 aliphatic carbocycles. The molecular formula is C31H27N2O8S-. The lowest BCUT2D eigenvalue weighted by atomic mass is 9.95. The lowest BCUT2D eigenvalue weighted by molar-refractivity contribution is -0.255. The van der Waals surface area contributed by atoms with Crippen molar-refractivity contribution in [2.24, 2.45) is 4.99 Å². The Balaban J connectivity index is 1.67. The van der Waals surface area contributed by atoms with E-state index in [1.807, 2.05) is 6.92 Å². The fraction of sp³-hybridized carbons (Fsp3) is 0.226. The number of carbonyl (C=O) groups is 2. The Morgan fingerprint density at radius 2 is 1.88 bits per heavy atom. The molecule has 0 saturated heterocycles. The van der Waals surface area contributed by atoms with E-state index in [-0.39, 0.29) is 17.7 Å². The molecule has 4 aromatic rings. The van der Waals surface area contributed by atoms with Crippen LogP contribution in [0.4, 0.5) is 0 Å². The molecule has 0 N–H and O–H groups in total. The number of carboxylic acid groups (broad SMARTS) is 1. The van der Waals surface area contributed by atoms with E-state index in [2.05, 4.69) is 4.99 Å². The molecule has 5 rings (SSSR count). The van der Waals surface area contributed by atoms with Gasteiger partial charge in [-0.05, 0) is 68.3 Å². The first kappa shape index (κ1) is 28.6. The quantitative estimate of drug-likeness (QED) is 0.288. The predicted molar refractivity (Wildman–Crippen MR) is 153 cm³/mol. The third-order valence-electron chi connectivity index (χ3n) is 6.89. The van der Waals surface area contributed by atoms with Gasteiger partial charge in [0.1, 0.15) is 29.1 Å². The Kier molecular flexibility index (Phi) is 7.86. The maximum Gasteiger partial charge on any atom is 0.338 e. The molecule has 10 nitrogen and oxygen atoms in total. The van der Waals surface area contributed by atoms with Crippen LogP contribution < -0.4 is 29.5 Å². The Morgan fingerprint density at radius 1 is 1.10 bits per heavy atom. The lowest BCUT2D eigenvalue weighted by Gasteiger charge is -2.26. The van der Waals surface area contributed by atoms with E-state index in [1.165, 1.54) is 30.9 Å². The van der Waals surface area contributed by atoms with Crippen molar-refractivity contribution >= 4 is 29.4 Å². The molecule has 0 bridgehead atoms. The van der Waals surface area contributed by atoms with Crippen LogP contribution in [0.15, 0.2) is 74.0 Å². The zero-order chi connectivity index (χ0) is 30.1. The summed E-state index contributed by atoms with van der Waals surface area (Å²) in [6, 6.07) is 12.3. The summed E-state index contributed by atoms with van der Waals surface area (Å²) in [5.74, 6) is -0.0836. The number of fused-ring (bicyclic) bond motifs is 1. The number of aromatic carboxylic acids is 1. The first-order valence-electron chi connectivity index (χ1n) is 13.0. The number of esters is 1. The number of carboxylic acids is 1. The fourth-order valence-corrected chi connectivity index (χ4v) is 5.88. The minimum Gasteiger partial charge on any atom is -0.545 e. The van der Waals surface area contributed by atoms with Crippen molar-refractivity contribution in [3.63, 3.8) is 0 Å². The molecule has 42 heavy (non-hydrogen) atoms. The van der Waals surface area contributed by atoms with Gasteiger partial charge in [0.25, 0.3) is 5.56 Å². The summed E-state index contributed by atoms with van der Waals surface area (Å²) in [7, 11) is 3.03. The molecule has 0 radical (unpaired) electrons. The summed E-state index contributed by atoms with van der Waals surface area (Å²) in [6.07, 6.45) is 1.59. The van der Waals surface area contributed by atoms with Crippen molar-refractivity contribution in [2.75, 3.05) is 20.8 Å². The van der Waals surface area contributed by atoms with Gasteiger partial charge in [-0.3, -0.25) is 9.36 Å². The van der Waals surface area contributed by atoms with Gasteiger partial charge in [-0.2, -0.15) is 0 Å². The first-order valence-corrected chi connectivity index (χ1v) is 13.8. The maximum absolute atomic E-state index is 14.0. The van der Waals surface area contributed by atoms with E-state index in [0.717, 1.165) is 16.9 Å². The average Bonchev–Trinajstić information content (AvgIpc) is 3.56. The molecule has 11 heteroatoms. The van der Waals surface area contributed by atoms with Gasteiger partial charge in [0.2, 0.25) is 0 Å². The van der Waals surface area contributed by atoms with Crippen molar-refractivity contribution in [3.05, 3.63) is 102 Å². The summed E-state index contributed by atoms with van der Waals surface area (Å²) >= 11 is 1.15. The van der Waals surface area contributed by atoms with Gasteiger partial charge in [-0.25, -0.2) is 9.79 Å². The van der Waals surface area contributed by atoms with Crippen LogP contribution >= 0.6 is 11.3 Å². The second-order valence-electron chi connectivity index (χ2n) is 9.43. The summed E-state index contributed by atoms with van der Waals surface area (Å²) < 4.78 is 24.2. The van der Waals surface area contributed by atoms with E-state index < -0.39 is 23.5 Å². The number of benzene rings is 2. The van der Waals surface area contributed by atoms with Crippen LogP contribution in [0.1, 0.15) is 47.1 Å². The number of aromatic nitrogens is 1. The van der Waals surface area contributed by atoms with Crippen molar-refractivity contribution in [2.45, 2.75) is 26.8 Å². The molecule has 216 valence electrons. The molecule has 1 atom stereocenters. The zero-order valence-electron chi connectivity index (χ0n) is 23.5. The second kappa shape index (κ2) is 11.5. The van der Waals surface area contributed by atoms with Crippen LogP contribution in [0.3, 0.4) is 0 Å². The van der Waals surface area contributed by atoms with Gasteiger partial charge in [0, 0.05) is 17.2 Å². The molecule has 1 aliphatic rings. The molecule has 2 aromatic carbocycles. The smallest absolute Gasteiger partial charge is 0.338 e. The van der Waals surface area contributed by atoms with Gasteiger partial charge in [0.15, 0.2) is 4.80 Å². The largest absolute Gasteiger partial charge is 0.545 e. The Morgan fingerprint density at radius 3 is 2.57 bits per heavy atom. The van der Waals surface area contributed by atoms with E-state index in [4.69, 9.17) is 18.6 Å². The highest BCUT2D eigenvalue weighted by Gasteiger charge is 2.35. The molecule has 0 amide bonds. The van der Waals surface area contributed by atoms with Gasteiger partial charge in [0.05, 0.1) is 42.6 Å². The highest BCUT2D eigenvalue weighted by Crippen LogP contribution is 2.38. The average molecular weight is 588 g/mol. The molecule has 0 fully saturated rings. The Labute approximate surface area is 244 Å². The normalized spacial score (nSPS) is 14.8. The number of thiazole rings is 1.